The Morgan fingerprint density at radius 3 is 2.49 bits per heavy atom. The molecule has 4 heterocycles. The molecular formula is C32H45FN6O4. The quantitative estimate of drug-likeness (QED) is 0.480. The number of amides is 2. The fraction of sp³-hybridized carbons (Fsp3) is 0.594. The highest BCUT2D eigenvalue weighted by molar-refractivity contribution is 5.99. The number of benzene rings is 1. The zero-order chi connectivity index (χ0) is 30.7. The minimum absolute atomic E-state index is 0.0282. The number of halogens is 1. The third-order valence-corrected chi connectivity index (χ3v) is 8.68. The van der Waals surface area contributed by atoms with Gasteiger partial charge in [-0.15, -0.1) is 0 Å². The fourth-order valence-electron chi connectivity index (χ4n) is 6.39. The van der Waals surface area contributed by atoms with Crippen LogP contribution in [0.2, 0.25) is 0 Å². The molecule has 2 N–H and O–H groups in total. The van der Waals surface area contributed by atoms with Gasteiger partial charge in [0.1, 0.15) is 23.8 Å². The number of anilines is 1. The number of aromatic nitrogens is 1. The van der Waals surface area contributed by atoms with E-state index in [0.717, 1.165) is 25.2 Å². The van der Waals surface area contributed by atoms with Crippen LogP contribution in [0.1, 0.15) is 56.2 Å². The molecular weight excluding hydrogens is 551 g/mol. The number of hydrogen-bond acceptors (Lipinski definition) is 8. The van der Waals surface area contributed by atoms with E-state index in [-0.39, 0.29) is 60.5 Å². The van der Waals surface area contributed by atoms with Gasteiger partial charge < -0.3 is 25.0 Å². The Balaban J connectivity index is 1.42. The normalized spacial score (nSPS) is 26.5. The number of carbonyl (C=O) groups is 2. The molecule has 5 rings (SSSR count). The van der Waals surface area contributed by atoms with Gasteiger partial charge in [0.25, 0.3) is 5.91 Å². The zero-order valence-corrected chi connectivity index (χ0v) is 25.9. The molecule has 10 nitrogen and oxygen atoms in total. The molecule has 234 valence electrons. The van der Waals surface area contributed by atoms with E-state index in [1.54, 1.807) is 17.0 Å². The Labute approximate surface area is 253 Å². The van der Waals surface area contributed by atoms with E-state index in [4.69, 9.17) is 9.47 Å². The molecule has 0 bridgehead atoms. The van der Waals surface area contributed by atoms with Crippen molar-refractivity contribution in [2.75, 3.05) is 57.4 Å². The Hall–Kier alpha value is -3.12. The number of pyridine rings is 1. The number of fused-ring (bicyclic) bond motifs is 1. The maximum Gasteiger partial charge on any atom is 0.270 e. The monoisotopic (exact) mass is 596 g/mol. The molecule has 1 unspecified atom stereocenters. The summed E-state index contributed by atoms with van der Waals surface area (Å²) >= 11 is 0. The maximum atomic E-state index is 14.2. The van der Waals surface area contributed by atoms with Gasteiger partial charge in [-0.3, -0.25) is 19.4 Å². The summed E-state index contributed by atoms with van der Waals surface area (Å²) in [6.45, 7) is 15.2. The fourth-order valence-corrected chi connectivity index (χ4v) is 6.39. The number of hydrogen-bond donors (Lipinski definition) is 2. The van der Waals surface area contributed by atoms with Gasteiger partial charge in [0.15, 0.2) is 0 Å². The summed E-state index contributed by atoms with van der Waals surface area (Å²) in [4.78, 5) is 38.4. The van der Waals surface area contributed by atoms with E-state index < -0.39 is 0 Å². The third kappa shape index (κ3) is 7.17. The molecule has 0 spiro atoms. The lowest BCUT2D eigenvalue weighted by Crippen LogP contribution is -2.63. The predicted octanol–water partition coefficient (Wildman–Crippen LogP) is 2.45. The van der Waals surface area contributed by atoms with Crippen LogP contribution in [0.3, 0.4) is 0 Å². The molecule has 0 saturated carbocycles. The van der Waals surface area contributed by atoms with E-state index in [9.17, 15) is 14.0 Å². The first-order valence-electron chi connectivity index (χ1n) is 15.5. The van der Waals surface area contributed by atoms with Crippen molar-refractivity contribution in [2.24, 2.45) is 0 Å². The first kappa shape index (κ1) is 31.3. The van der Waals surface area contributed by atoms with E-state index in [1.165, 1.54) is 12.1 Å². The molecule has 1 aromatic carbocycles. The molecule has 43 heavy (non-hydrogen) atoms. The van der Waals surface area contributed by atoms with Crippen LogP contribution >= 0.6 is 0 Å². The third-order valence-electron chi connectivity index (χ3n) is 8.68. The van der Waals surface area contributed by atoms with Crippen molar-refractivity contribution in [3.8, 4) is 5.88 Å². The number of morpholine rings is 1. The largest absolute Gasteiger partial charge is 0.474 e. The predicted molar refractivity (Wildman–Crippen MR) is 163 cm³/mol. The van der Waals surface area contributed by atoms with Crippen molar-refractivity contribution in [1.29, 1.82) is 0 Å². The Kier molecular flexibility index (Phi) is 9.95. The maximum absolute atomic E-state index is 14.2. The SMILES string of the molecule is CCNC(=O)c1nc2c(cc1Cc1ccc(F)cc1)N(C(=O)CN1C[C@@H](C)NC[C@@H]1CN1[C@H](C)COC[C@H]1C)C(C)CO2. The molecule has 1 aromatic heterocycles. The summed E-state index contributed by atoms with van der Waals surface area (Å²) in [7, 11) is 0. The summed E-state index contributed by atoms with van der Waals surface area (Å²) < 4.78 is 25.3. The molecule has 0 aliphatic carbocycles. The first-order chi connectivity index (χ1) is 20.6. The molecule has 2 aromatic rings. The van der Waals surface area contributed by atoms with Crippen LogP contribution < -0.4 is 20.3 Å². The second kappa shape index (κ2) is 13.7. The van der Waals surface area contributed by atoms with Crippen LogP contribution in [0.5, 0.6) is 5.88 Å². The van der Waals surface area contributed by atoms with Gasteiger partial charge in [0.2, 0.25) is 11.8 Å². The van der Waals surface area contributed by atoms with E-state index in [0.29, 0.717) is 49.5 Å². The van der Waals surface area contributed by atoms with Gasteiger partial charge in [0.05, 0.1) is 25.8 Å². The summed E-state index contributed by atoms with van der Waals surface area (Å²) in [5, 5.41) is 6.43. The van der Waals surface area contributed by atoms with Crippen LogP contribution in [-0.2, 0) is 16.0 Å². The Morgan fingerprint density at radius 1 is 1.07 bits per heavy atom. The topological polar surface area (TPSA) is 99.3 Å². The Morgan fingerprint density at radius 2 is 1.79 bits per heavy atom. The minimum atomic E-state index is -0.326. The summed E-state index contributed by atoms with van der Waals surface area (Å²) in [5.41, 5.74) is 2.29. The average Bonchev–Trinajstić information content (AvgIpc) is 2.97. The van der Waals surface area contributed by atoms with E-state index in [2.05, 4.69) is 46.2 Å². The first-order valence-corrected chi connectivity index (χ1v) is 15.5. The van der Waals surface area contributed by atoms with Gasteiger partial charge in [-0.1, -0.05) is 12.1 Å². The highest BCUT2D eigenvalue weighted by Gasteiger charge is 2.37. The molecule has 11 heteroatoms. The smallest absolute Gasteiger partial charge is 0.270 e. The van der Waals surface area contributed by atoms with Gasteiger partial charge >= 0.3 is 0 Å². The van der Waals surface area contributed by atoms with Gasteiger partial charge in [-0.2, -0.15) is 0 Å². The molecule has 0 radical (unpaired) electrons. The number of nitrogens with zero attached hydrogens (tertiary/aromatic N) is 4. The lowest BCUT2D eigenvalue weighted by Gasteiger charge is -2.46. The molecule has 5 atom stereocenters. The number of nitrogens with one attached hydrogen (secondary N) is 2. The van der Waals surface area contributed by atoms with Crippen molar-refractivity contribution in [2.45, 2.75) is 71.2 Å². The summed E-state index contributed by atoms with van der Waals surface area (Å²) in [5.74, 6) is -0.392. The lowest BCUT2D eigenvalue weighted by molar-refractivity contribution is -0.122. The standard InChI is InChI=1S/C32H45FN6O4/c1-6-34-31(41)30-25(11-24-7-9-26(33)10-8-24)12-28-32(36-30)43-19-23(5)39(28)29(40)16-37-14-20(2)35-13-27(37)15-38-21(3)17-42-18-22(38)4/h7-10,12,20-23,27,35H,6,11,13-19H2,1-5H3,(H,34,41)/t20-,21-,22-,23?,27-/m1/s1. The molecule has 2 amide bonds. The number of piperazine rings is 1. The number of ether oxygens (including phenoxy) is 2. The van der Waals surface area contributed by atoms with Crippen molar-refractivity contribution < 1.29 is 23.5 Å². The van der Waals surface area contributed by atoms with Crippen LogP contribution in [0, 0.1) is 5.82 Å². The lowest BCUT2D eigenvalue weighted by atomic mass is 10.0. The molecule has 3 aliphatic heterocycles. The summed E-state index contributed by atoms with van der Waals surface area (Å²) in [6, 6.07) is 8.89. The van der Waals surface area contributed by atoms with Crippen molar-refractivity contribution in [1.82, 2.24) is 25.4 Å². The Bertz CT molecular complexity index is 1280. The van der Waals surface area contributed by atoms with E-state index in [1.807, 2.05) is 19.9 Å². The number of rotatable bonds is 8. The van der Waals surface area contributed by atoms with Crippen LogP contribution in [0.4, 0.5) is 10.1 Å². The van der Waals surface area contributed by atoms with Gasteiger partial charge in [-0.05, 0) is 70.4 Å². The van der Waals surface area contributed by atoms with Crippen molar-refractivity contribution in [3.05, 3.63) is 53.0 Å². The van der Waals surface area contributed by atoms with Crippen LogP contribution in [0.15, 0.2) is 30.3 Å². The van der Waals surface area contributed by atoms with Crippen molar-refractivity contribution in [3.63, 3.8) is 0 Å². The zero-order valence-electron chi connectivity index (χ0n) is 25.9. The van der Waals surface area contributed by atoms with Gasteiger partial charge in [-0.25, -0.2) is 9.37 Å². The molecule has 2 saturated heterocycles. The molecule has 2 fully saturated rings. The van der Waals surface area contributed by atoms with E-state index >= 15 is 0 Å². The van der Waals surface area contributed by atoms with Gasteiger partial charge in [0, 0.05) is 50.3 Å². The average molecular weight is 597 g/mol. The molecule has 3 aliphatic rings. The highest BCUT2D eigenvalue weighted by atomic mass is 19.1. The minimum Gasteiger partial charge on any atom is -0.474 e. The second-order valence-electron chi connectivity index (χ2n) is 12.2. The number of carbonyl (C=O) groups excluding carboxylic acids is 2. The van der Waals surface area contributed by atoms with Crippen LogP contribution in [0.25, 0.3) is 0 Å². The second-order valence-corrected chi connectivity index (χ2v) is 12.2. The highest BCUT2D eigenvalue weighted by Crippen LogP contribution is 2.35. The summed E-state index contributed by atoms with van der Waals surface area (Å²) in [6.07, 6.45) is 0.358. The van der Waals surface area contributed by atoms with Crippen molar-refractivity contribution >= 4 is 17.5 Å². The van der Waals surface area contributed by atoms with Crippen LogP contribution in [-0.4, -0.2) is 109 Å².